The molecule has 0 fully saturated rings. The van der Waals surface area contributed by atoms with Gasteiger partial charge in [0.1, 0.15) is 22.8 Å². The molecular formula is C20H19NO6. The zero-order valence-corrected chi connectivity index (χ0v) is 14.9. The van der Waals surface area contributed by atoms with Gasteiger partial charge in [0.25, 0.3) is 5.69 Å². The van der Waals surface area contributed by atoms with Gasteiger partial charge in [0.05, 0.1) is 4.92 Å². The minimum Gasteiger partial charge on any atom is -0.381 e. The number of aliphatic hydroxyl groups is 2. The molecule has 0 aromatic heterocycles. The number of non-ortho nitro benzene ring substituents is 1. The fourth-order valence-electron chi connectivity index (χ4n) is 3.95. The molecule has 2 aromatic rings. The number of fused-ring (bicyclic) bond motifs is 3. The van der Waals surface area contributed by atoms with Gasteiger partial charge in [0.15, 0.2) is 0 Å². The number of Topliss-reactive ketones (excluding diaryl/α,β-unsaturated/α-hetero) is 2. The second-order valence-electron chi connectivity index (χ2n) is 7.01. The topological polar surface area (TPSA) is 118 Å². The molecule has 140 valence electrons. The van der Waals surface area contributed by atoms with Crippen LogP contribution in [-0.2, 0) is 20.8 Å². The van der Waals surface area contributed by atoms with Crippen molar-refractivity contribution in [1.29, 1.82) is 0 Å². The van der Waals surface area contributed by atoms with Crippen LogP contribution >= 0.6 is 0 Å². The molecule has 27 heavy (non-hydrogen) atoms. The molecule has 2 unspecified atom stereocenters. The number of carbonyl (C=O) groups excluding carboxylic acids is 2. The molecule has 0 saturated carbocycles. The molecule has 7 heteroatoms. The summed E-state index contributed by atoms with van der Waals surface area (Å²) in [5, 5.41) is 34.4. The summed E-state index contributed by atoms with van der Waals surface area (Å²) >= 11 is 0. The van der Waals surface area contributed by atoms with Crippen molar-refractivity contribution < 1.29 is 24.7 Å². The molecule has 1 aliphatic rings. The van der Waals surface area contributed by atoms with Crippen LogP contribution in [0.15, 0.2) is 42.5 Å². The maximum atomic E-state index is 11.9. The Balaban J connectivity index is 2.42. The molecule has 0 saturated heterocycles. The molecule has 2 aromatic carbocycles. The second-order valence-corrected chi connectivity index (χ2v) is 7.01. The summed E-state index contributed by atoms with van der Waals surface area (Å²) < 4.78 is 0. The zero-order valence-electron chi connectivity index (χ0n) is 14.9. The minimum atomic E-state index is -2.18. The van der Waals surface area contributed by atoms with Gasteiger partial charge in [0, 0.05) is 30.5 Å². The van der Waals surface area contributed by atoms with Crippen LogP contribution in [0, 0.1) is 10.1 Å². The summed E-state index contributed by atoms with van der Waals surface area (Å²) in [6, 6.07) is 10.7. The van der Waals surface area contributed by atoms with Crippen LogP contribution < -0.4 is 0 Å². The normalized spacial score (nSPS) is 23.3. The number of carbonyl (C=O) groups is 2. The molecular weight excluding hydrogens is 350 g/mol. The van der Waals surface area contributed by atoms with Crippen LogP contribution in [0.5, 0.6) is 0 Å². The van der Waals surface area contributed by atoms with Crippen molar-refractivity contribution in [2.45, 2.75) is 37.9 Å². The Kier molecular flexibility index (Phi) is 4.45. The number of nitro benzene ring substituents is 1. The summed E-state index contributed by atoms with van der Waals surface area (Å²) in [7, 11) is 0. The van der Waals surface area contributed by atoms with E-state index in [2.05, 4.69) is 0 Å². The van der Waals surface area contributed by atoms with E-state index in [1.807, 2.05) is 0 Å². The van der Waals surface area contributed by atoms with E-state index in [1.54, 1.807) is 24.3 Å². The predicted octanol–water partition coefficient (Wildman–Crippen LogP) is 2.61. The van der Waals surface area contributed by atoms with Crippen molar-refractivity contribution >= 4 is 17.3 Å². The van der Waals surface area contributed by atoms with Gasteiger partial charge < -0.3 is 10.2 Å². The minimum absolute atomic E-state index is 0.0642. The van der Waals surface area contributed by atoms with E-state index in [4.69, 9.17) is 0 Å². The first-order valence-electron chi connectivity index (χ1n) is 8.42. The highest BCUT2D eigenvalue weighted by atomic mass is 16.6. The highest BCUT2D eigenvalue weighted by Gasteiger charge is 2.57. The summed E-state index contributed by atoms with van der Waals surface area (Å²) in [6.07, 6.45) is -0.921. The molecule has 0 radical (unpaired) electrons. The van der Waals surface area contributed by atoms with Crippen LogP contribution in [0.4, 0.5) is 5.69 Å². The molecule has 7 nitrogen and oxygen atoms in total. The zero-order chi connectivity index (χ0) is 20.0. The molecule has 0 spiro atoms. The van der Waals surface area contributed by atoms with Crippen molar-refractivity contribution in [2.24, 2.45) is 0 Å². The van der Waals surface area contributed by atoms with Crippen LogP contribution in [0.2, 0.25) is 0 Å². The van der Waals surface area contributed by atoms with Crippen LogP contribution in [0.3, 0.4) is 0 Å². The van der Waals surface area contributed by atoms with E-state index in [1.165, 1.54) is 32.0 Å². The lowest BCUT2D eigenvalue weighted by molar-refractivity contribution is -0.385. The summed E-state index contributed by atoms with van der Waals surface area (Å²) in [6.45, 7) is 2.53. The monoisotopic (exact) mass is 369 g/mol. The Hall–Kier alpha value is -2.90. The molecule has 0 heterocycles. The Morgan fingerprint density at radius 1 is 0.926 bits per heavy atom. The SMILES string of the molecule is CC(=O)CC1(O)c2ccccc2-c2ccc([N+](=O)[O-])cc2C1(O)CC(C)=O. The fraction of sp³-hybridized carbons (Fsp3) is 0.300. The number of hydrogen-bond acceptors (Lipinski definition) is 6. The van der Waals surface area contributed by atoms with Gasteiger partial charge in [0.2, 0.25) is 0 Å². The van der Waals surface area contributed by atoms with E-state index in [0.29, 0.717) is 16.7 Å². The van der Waals surface area contributed by atoms with Gasteiger partial charge in [-0.05, 0) is 36.6 Å². The van der Waals surface area contributed by atoms with Crippen molar-refractivity contribution in [3.05, 3.63) is 63.7 Å². The van der Waals surface area contributed by atoms with Crippen LogP contribution in [0.1, 0.15) is 37.8 Å². The average molecular weight is 369 g/mol. The van der Waals surface area contributed by atoms with Gasteiger partial charge in [-0.2, -0.15) is 0 Å². The molecule has 2 N–H and O–H groups in total. The summed E-state index contributed by atoms with van der Waals surface area (Å²) in [4.78, 5) is 34.5. The van der Waals surface area contributed by atoms with Crippen molar-refractivity contribution in [2.75, 3.05) is 0 Å². The number of ketones is 2. The van der Waals surface area contributed by atoms with E-state index in [-0.39, 0.29) is 17.0 Å². The second kappa shape index (κ2) is 6.37. The number of benzene rings is 2. The predicted molar refractivity (Wildman–Crippen MR) is 96.9 cm³/mol. The Morgan fingerprint density at radius 3 is 2.00 bits per heavy atom. The van der Waals surface area contributed by atoms with E-state index < -0.39 is 34.8 Å². The standard InChI is InChI=1S/C20H19NO6/c1-12(22)10-19(24)17-6-4-3-5-15(17)16-8-7-14(21(26)27)9-18(16)20(19,25)11-13(2)23/h3-9,24-25H,10-11H2,1-2H3. The van der Waals surface area contributed by atoms with Crippen molar-refractivity contribution in [3.8, 4) is 11.1 Å². The summed E-state index contributed by atoms with van der Waals surface area (Å²) in [5.74, 6) is -0.806. The van der Waals surface area contributed by atoms with Gasteiger partial charge >= 0.3 is 0 Å². The maximum Gasteiger partial charge on any atom is 0.269 e. The Bertz CT molecular complexity index is 969. The lowest BCUT2D eigenvalue weighted by atomic mass is 9.62. The maximum absolute atomic E-state index is 11.9. The van der Waals surface area contributed by atoms with E-state index in [0.717, 1.165) is 0 Å². The third kappa shape index (κ3) is 2.85. The van der Waals surface area contributed by atoms with Crippen molar-refractivity contribution in [1.82, 2.24) is 0 Å². The smallest absolute Gasteiger partial charge is 0.269 e. The van der Waals surface area contributed by atoms with E-state index >= 15 is 0 Å². The molecule has 1 aliphatic carbocycles. The first-order valence-corrected chi connectivity index (χ1v) is 8.42. The molecule has 0 aliphatic heterocycles. The first kappa shape index (κ1) is 18.9. The average Bonchev–Trinajstić information content (AvgIpc) is 2.59. The van der Waals surface area contributed by atoms with Gasteiger partial charge in [-0.15, -0.1) is 0 Å². The Labute approximate surface area is 155 Å². The lowest BCUT2D eigenvalue weighted by Crippen LogP contribution is -2.53. The van der Waals surface area contributed by atoms with Gasteiger partial charge in [-0.3, -0.25) is 19.7 Å². The number of nitro groups is 1. The van der Waals surface area contributed by atoms with Gasteiger partial charge in [-0.25, -0.2) is 0 Å². The fourth-order valence-corrected chi connectivity index (χ4v) is 3.95. The first-order chi connectivity index (χ1) is 12.6. The highest BCUT2D eigenvalue weighted by Crippen LogP contribution is 2.55. The van der Waals surface area contributed by atoms with Gasteiger partial charge in [-0.1, -0.05) is 24.3 Å². The van der Waals surface area contributed by atoms with Crippen LogP contribution in [0.25, 0.3) is 11.1 Å². The summed E-state index contributed by atoms with van der Waals surface area (Å²) in [5.41, 5.74) is -3.14. The molecule has 3 rings (SSSR count). The molecule has 2 atom stereocenters. The molecule has 0 amide bonds. The third-order valence-corrected chi connectivity index (χ3v) is 5.02. The van der Waals surface area contributed by atoms with Crippen LogP contribution in [-0.4, -0.2) is 26.7 Å². The van der Waals surface area contributed by atoms with Crippen molar-refractivity contribution in [3.63, 3.8) is 0 Å². The Morgan fingerprint density at radius 2 is 1.44 bits per heavy atom. The lowest BCUT2D eigenvalue weighted by Gasteiger charge is -2.48. The number of rotatable bonds is 5. The molecule has 0 bridgehead atoms. The van der Waals surface area contributed by atoms with E-state index in [9.17, 15) is 29.9 Å². The largest absolute Gasteiger partial charge is 0.381 e. The third-order valence-electron chi connectivity index (χ3n) is 5.02. The quantitative estimate of drug-likeness (QED) is 0.618. The highest BCUT2D eigenvalue weighted by molar-refractivity contribution is 5.85. The number of hydrogen-bond donors (Lipinski definition) is 2. The number of nitrogens with zero attached hydrogens (tertiary/aromatic N) is 1.